The molecular weight excluding hydrogens is 298 g/mol. The van der Waals surface area contributed by atoms with Gasteiger partial charge in [0.25, 0.3) is 5.56 Å². The molecule has 98 valence electrons. The van der Waals surface area contributed by atoms with Crippen LogP contribution >= 0.6 is 15.9 Å². The Morgan fingerprint density at radius 1 is 1.39 bits per heavy atom. The van der Waals surface area contributed by atoms with Gasteiger partial charge >= 0.3 is 0 Å². The molecule has 0 atom stereocenters. The van der Waals surface area contributed by atoms with Crippen molar-refractivity contribution >= 4 is 21.8 Å². The molecule has 2 rings (SSSR count). The van der Waals surface area contributed by atoms with Crippen LogP contribution in [0.1, 0.15) is 25.0 Å². The van der Waals surface area contributed by atoms with Crippen LogP contribution in [0.15, 0.2) is 15.6 Å². The predicted molar refractivity (Wildman–Crippen MR) is 71.4 cm³/mol. The molecule has 0 N–H and O–H groups in total. The number of aromatic nitrogens is 2. The van der Waals surface area contributed by atoms with E-state index < -0.39 is 0 Å². The number of carbonyl (C=O) groups is 1. The van der Waals surface area contributed by atoms with Gasteiger partial charge in [0.15, 0.2) is 0 Å². The minimum atomic E-state index is -0.201. The van der Waals surface area contributed by atoms with E-state index in [2.05, 4.69) is 20.9 Å². The molecular formula is C12H16BrN3O2. The highest BCUT2D eigenvalue weighted by Gasteiger charge is 2.17. The molecule has 0 bridgehead atoms. The summed E-state index contributed by atoms with van der Waals surface area (Å²) in [5, 5.41) is 0. The van der Waals surface area contributed by atoms with Gasteiger partial charge in [-0.05, 0) is 42.1 Å². The van der Waals surface area contributed by atoms with Gasteiger partial charge in [0.05, 0.1) is 12.0 Å². The van der Waals surface area contributed by atoms with Crippen LogP contribution in [-0.2, 0) is 11.3 Å². The van der Waals surface area contributed by atoms with Crippen LogP contribution in [-0.4, -0.2) is 33.4 Å². The minimum absolute atomic E-state index is 0.00523. The van der Waals surface area contributed by atoms with Gasteiger partial charge in [0.2, 0.25) is 5.91 Å². The molecule has 5 nitrogen and oxygen atoms in total. The lowest BCUT2D eigenvalue weighted by Crippen LogP contribution is -2.39. The summed E-state index contributed by atoms with van der Waals surface area (Å²) in [4.78, 5) is 29.9. The number of likely N-dealkylation sites (tertiary alicyclic amines) is 1. The molecule has 1 fully saturated rings. The van der Waals surface area contributed by atoms with Crippen molar-refractivity contribution < 1.29 is 4.79 Å². The molecule has 0 saturated carbocycles. The zero-order valence-corrected chi connectivity index (χ0v) is 11.9. The van der Waals surface area contributed by atoms with Gasteiger partial charge < -0.3 is 4.90 Å². The van der Waals surface area contributed by atoms with Crippen molar-refractivity contribution in [3.8, 4) is 0 Å². The van der Waals surface area contributed by atoms with Gasteiger partial charge in [-0.2, -0.15) is 0 Å². The number of amides is 1. The third kappa shape index (κ3) is 2.80. The number of hydrogen-bond acceptors (Lipinski definition) is 3. The number of nitrogens with zero attached hydrogens (tertiary/aromatic N) is 3. The molecule has 0 unspecified atom stereocenters. The lowest BCUT2D eigenvalue weighted by atomic mass is 10.1. The summed E-state index contributed by atoms with van der Waals surface area (Å²) < 4.78 is 1.78. The van der Waals surface area contributed by atoms with Crippen molar-refractivity contribution in [1.82, 2.24) is 14.5 Å². The predicted octanol–water partition coefficient (Wildman–Crippen LogP) is 1.33. The van der Waals surface area contributed by atoms with Gasteiger partial charge in [0.1, 0.15) is 11.0 Å². The Labute approximate surface area is 114 Å². The summed E-state index contributed by atoms with van der Waals surface area (Å²) in [5.41, 5.74) is 0.439. The second-order valence-electron chi connectivity index (χ2n) is 4.52. The summed E-state index contributed by atoms with van der Waals surface area (Å²) in [6, 6.07) is 0. The van der Waals surface area contributed by atoms with Gasteiger partial charge in [-0.15, -0.1) is 0 Å². The quantitative estimate of drug-likeness (QED) is 0.827. The number of piperidine rings is 1. The number of rotatable bonds is 2. The maximum absolute atomic E-state index is 12.0. The number of halogens is 1. The lowest BCUT2D eigenvalue weighted by Gasteiger charge is -2.26. The molecule has 1 amide bonds. The normalized spacial score (nSPS) is 15.8. The summed E-state index contributed by atoms with van der Waals surface area (Å²) in [6.07, 6.45) is 4.72. The fourth-order valence-corrected chi connectivity index (χ4v) is 2.38. The molecule has 1 saturated heterocycles. The van der Waals surface area contributed by atoms with E-state index in [9.17, 15) is 9.59 Å². The Hall–Kier alpha value is -1.17. The zero-order valence-electron chi connectivity index (χ0n) is 10.4. The topological polar surface area (TPSA) is 55.2 Å². The Morgan fingerprint density at radius 3 is 2.72 bits per heavy atom. The first-order chi connectivity index (χ1) is 8.59. The second kappa shape index (κ2) is 5.65. The number of aryl methyl sites for hydroxylation is 1. The summed E-state index contributed by atoms with van der Waals surface area (Å²) in [6.45, 7) is 3.43. The van der Waals surface area contributed by atoms with E-state index in [0.717, 1.165) is 25.9 Å². The zero-order chi connectivity index (χ0) is 13.1. The first-order valence-electron chi connectivity index (χ1n) is 6.09. The molecule has 0 spiro atoms. The average molecular weight is 314 g/mol. The number of carbonyl (C=O) groups excluding carboxylic acids is 1. The van der Waals surface area contributed by atoms with Crippen LogP contribution in [0.4, 0.5) is 0 Å². The second-order valence-corrected chi connectivity index (χ2v) is 5.31. The van der Waals surface area contributed by atoms with E-state index in [4.69, 9.17) is 0 Å². The Bertz CT molecular complexity index is 507. The SMILES string of the molecule is Cc1ncn(CC(=O)N2CCCCC2)c(=O)c1Br. The largest absolute Gasteiger partial charge is 0.341 e. The van der Waals surface area contributed by atoms with Crippen molar-refractivity contribution in [1.29, 1.82) is 0 Å². The highest BCUT2D eigenvalue weighted by atomic mass is 79.9. The van der Waals surface area contributed by atoms with E-state index in [1.54, 1.807) is 6.92 Å². The van der Waals surface area contributed by atoms with E-state index in [1.165, 1.54) is 17.3 Å². The monoisotopic (exact) mass is 313 g/mol. The molecule has 1 aliphatic heterocycles. The van der Waals surface area contributed by atoms with Crippen molar-refractivity contribution in [2.45, 2.75) is 32.7 Å². The van der Waals surface area contributed by atoms with Crippen LogP contribution in [0.3, 0.4) is 0 Å². The molecule has 1 aliphatic rings. The number of hydrogen-bond donors (Lipinski definition) is 0. The molecule has 0 aliphatic carbocycles. The summed E-state index contributed by atoms with van der Waals surface area (Å²) >= 11 is 3.20. The molecule has 6 heteroatoms. The molecule has 1 aromatic heterocycles. The molecule has 0 aromatic carbocycles. The molecule has 18 heavy (non-hydrogen) atoms. The van der Waals surface area contributed by atoms with Gasteiger partial charge in [-0.1, -0.05) is 0 Å². The van der Waals surface area contributed by atoms with E-state index in [0.29, 0.717) is 10.2 Å². The first kappa shape index (κ1) is 13.3. The van der Waals surface area contributed by atoms with Crippen LogP contribution in [0.2, 0.25) is 0 Å². The van der Waals surface area contributed by atoms with Crippen molar-refractivity contribution in [2.24, 2.45) is 0 Å². The van der Waals surface area contributed by atoms with E-state index >= 15 is 0 Å². The average Bonchev–Trinajstić information content (AvgIpc) is 2.40. The Balaban J connectivity index is 2.12. The van der Waals surface area contributed by atoms with Crippen molar-refractivity contribution in [2.75, 3.05) is 13.1 Å². The fraction of sp³-hybridized carbons (Fsp3) is 0.583. The summed E-state index contributed by atoms with van der Waals surface area (Å²) in [5.74, 6) is -0.00523. The van der Waals surface area contributed by atoms with E-state index in [-0.39, 0.29) is 18.0 Å². The van der Waals surface area contributed by atoms with Gasteiger partial charge in [0, 0.05) is 13.1 Å². The highest BCUT2D eigenvalue weighted by Crippen LogP contribution is 2.10. The third-order valence-corrected chi connectivity index (χ3v) is 4.08. The minimum Gasteiger partial charge on any atom is -0.341 e. The maximum Gasteiger partial charge on any atom is 0.268 e. The molecule has 2 heterocycles. The molecule has 1 aromatic rings. The van der Waals surface area contributed by atoms with Crippen LogP contribution in [0.5, 0.6) is 0 Å². The maximum atomic E-state index is 12.0. The Morgan fingerprint density at radius 2 is 2.06 bits per heavy atom. The Kier molecular flexibility index (Phi) is 4.16. The van der Waals surface area contributed by atoms with Gasteiger partial charge in [-0.25, -0.2) is 4.98 Å². The standard InChI is InChI=1S/C12H16BrN3O2/c1-9-11(13)12(18)16(8-14-9)7-10(17)15-5-3-2-4-6-15/h8H,2-7H2,1H3. The van der Waals surface area contributed by atoms with Crippen LogP contribution in [0, 0.1) is 6.92 Å². The first-order valence-corrected chi connectivity index (χ1v) is 6.88. The van der Waals surface area contributed by atoms with Gasteiger partial charge in [-0.3, -0.25) is 14.2 Å². The summed E-state index contributed by atoms with van der Waals surface area (Å²) in [7, 11) is 0. The van der Waals surface area contributed by atoms with E-state index in [1.807, 2.05) is 4.90 Å². The van der Waals surface area contributed by atoms with Crippen molar-refractivity contribution in [3.05, 3.63) is 26.8 Å². The van der Waals surface area contributed by atoms with Crippen molar-refractivity contribution in [3.63, 3.8) is 0 Å². The third-order valence-electron chi connectivity index (χ3n) is 3.17. The highest BCUT2D eigenvalue weighted by molar-refractivity contribution is 9.10. The fourth-order valence-electron chi connectivity index (χ4n) is 2.05. The lowest BCUT2D eigenvalue weighted by molar-refractivity contribution is -0.132. The van der Waals surface area contributed by atoms with Crippen LogP contribution in [0.25, 0.3) is 0 Å². The molecule has 0 radical (unpaired) electrons. The smallest absolute Gasteiger partial charge is 0.268 e. The van der Waals surface area contributed by atoms with Crippen LogP contribution < -0.4 is 5.56 Å².